The van der Waals surface area contributed by atoms with E-state index in [0.29, 0.717) is 18.2 Å². The van der Waals surface area contributed by atoms with E-state index in [1.807, 2.05) is 0 Å². The zero-order valence-corrected chi connectivity index (χ0v) is 10.7. The maximum atomic E-state index is 5.65. The van der Waals surface area contributed by atoms with Crippen molar-refractivity contribution in [3.05, 3.63) is 41.7 Å². The van der Waals surface area contributed by atoms with Crippen LogP contribution < -0.4 is 14.8 Å². The van der Waals surface area contributed by atoms with E-state index in [4.69, 9.17) is 9.47 Å². The summed E-state index contributed by atoms with van der Waals surface area (Å²) in [5.41, 5.74) is 2.41. The molecule has 0 bridgehead atoms. The van der Waals surface area contributed by atoms with Crippen molar-refractivity contribution in [2.45, 2.75) is 13.0 Å². The molecule has 1 aromatic carbocycles. The van der Waals surface area contributed by atoms with E-state index in [0.717, 1.165) is 24.3 Å². The lowest BCUT2D eigenvalue weighted by Gasteiger charge is -2.09. The second-order valence-electron chi connectivity index (χ2n) is 4.30. The van der Waals surface area contributed by atoms with Crippen molar-refractivity contribution in [1.29, 1.82) is 0 Å². The third-order valence-corrected chi connectivity index (χ3v) is 3.10. The highest BCUT2D eigenvalue weighted by Crippen LogP contribution is 2.29. The molecule has 2 heterocycles. The lowest BCUT2D eigenvalue weighted by Crippen LogP contribution is -2.04. The Bertz CT molecular complexity index is 569. The molecule has 0 saturated heterocycles. The number of methoxy groups -OCH3 is 1. The molecule has 0 atom stereocenters. The quantitative estimate of drug-likeness (QED) is 0.908. The van der Waals surface area contributed by atoms with Gasteiger partial charge < -0.3 is 14.8 Å². The molecule has 0 radical (unpaired) electrons. The summed E-state index contributed by atoms with van der Waals surface area (Å²) >= 11 is 0. The van der Waals surface area contributed by atoms with Gasteiger partial charge >= 0.3 is 0 Å². The molecule has 0 amide bonds. The molecule has 1 N–H and O–H groups in total. The molecule has 0 saturated carbocycles. The van der Waals surface area contributed by atoms with E-state index in [1.54, 1.807) is 19.5 Å². The van der Waals surface area contributed by atoms with Crippen LogP contribution in [-0.4, -0.2) is 23.7 Å². The minimum atomic E-state index is 0.580. The van der Waals surface area contributed by atoms with Gasteiger partial charge in [-0.3, -0.25) is 0 Å². The number of aromatic nitrogens is 2. The Labute approximate surface area is 111 Å². The number of anilines is 1. The van der Waals surface area contributed by atoms with Gasteiger partial charge in [0.2, 0.25) is 5.95 Å². The Balaban J connectivity index is 1.70. The molecule has 1 aromatic heterocycles. The van der Waals surface area contributed by atoms with E-state index in [-0.39, 0.29) is 0 Å². The first-order valence-electron chi connectivity index (χ1n) is 6.20. The number of nitrogens with zero attached hydrogens (tertiary/aromatic N) is 2. The number of ether oxygens (including phenoxy) is 2. The van der Waals surface area contributed by atoms with Gasteiger partial charge in [0, 0.05) is 18.5 Å². The molecule has 0 spiro atoms. The van der Waals surface area contributed by atoms with E-state index in [2.05, 4.69) is 33.5 Å². The monoisotopic (exact) mass is 257 g/mol. The van der Waals surface area contributed by atoms with Gasteiger partial charge in [-0.25, -0.2) is 9.97 Å². The van der Waals surface area contributed by atoms with Crippen LogP contribution in [0.3, 0.4) is 0 Å². The van der Waals surface area contributed by atoms with E-state index >= 15 is 0 Å². The zero-order valence-electron chi connectivity index (χ0n) is 10.7. The normalized spacial score (nSPS) is 12.7. The molecular weight excluding hydrogens is 242 g/mol. The van der Waals surface area contributed by atoms with Crippen molar-refractivity contribution in [1.82, 2.24) is 9.97 Å². The second kappa shape index (κ2) is 5.14. The number of rotatable bonds is 4. The van der Waals surface area contributed by atoms with Crippen LogP contribution in [0.4, 0.5) is 5.95 Å². The van der Waals surface area contributed by atoms with Crippen molar-refractivity contribution < 1.29 is 9.47 Å². The summed E-state index contributed by atoms with van der Waals surface area (Å²) in [5.74, 6) is 2.23. The van der Waals surface area contributed by atoms with Crippen molar-refractivity contribution in [2.24, 2.45) is 0 Å². The highest BCUT2D eigenvalue weighted by Gasteiger charge is 2.15. The number of hydrogen-bond donors (Lipinski definition) is 1. The third-order valence-electron chi connectivity index (χ3n) is 3.10. The minimum Gasteiger partial charge on any atom is -0.494 e. The van der Waals surface area contributed by atoms with Crippen LogP contribution >= 0.6 is 0 Å². The van der Waals surface area contributed by atoms with Crippen LogP contribution in [-0.2, 0) is 13.0 Å². The summed E-state index contributed by atoms with van der Waals surface area (Å²) in [6.45, 7) is 1.42. The van der Waals surface area contributed by atoms with Gasteiger partial charge in [-0.15, -0.1) is 0 Å². The average molecular weight is 257 g/mol. The van der Waals surface area contributed by atoms with Gasteiger partial charge in [0.25, 0.3) is 0 Å². The average Bonchev–Trinajstić information content (AvgIpc) is 2.94. The molecule has 0 fully saturated rings. The topological polar surface area (TPSA) is 56.3 Å². The molecule has 1 aliphatic rings. The summed E-state index contributed by atoms with van der Waals surface area (Å²) in [4.78, 5) is 8.34. The summed E-state index contributed by atoms with van der Waals surface area (Å²) in [7, 11) is 1.59. The number of fused-ring (bicyclic) bond motifs is 1. The first kappa shape index (κ1) is 11.8. The Morgan fingerprint density at radius 1 is 1.32 bits per heavy atom. The fourth-order valence-electron chi connectivity index (χ4n) is 2.11. The number of nitrogens with one attached hydrogen (secondary N) is 1. The second-order valence-corrected chi connectivity index (χ2v) is 4.30. The van der Waals surface area contributed by atoms with Crippen LogP contribution in [0.1, 0.15) is 11.1 Å². The van der Waals surface area contributed by atoms with Crippen LogP contribution in [0.25, 0.3) is 0 Å². The van der Waals surface area contributed by atoms with Gasteiger partial charge in [0.1, 0.15) is 5.75 Å². The van der Waals surface area contributed by atoms with E-state index in [1.165, 1.54) is 5.56 Å². The summed E-state index contributed by atoms with van der Waals surface area (Å²) in [6.07, 6.45) is 4.27. The van der Waals surface area contributed by atoms with Crippen LogP contribution in [0.5, 0.6) is 11.5 Å². The smallest absolute Gasteiger partial charge is 0.223 e. The minimum absolute atomic E-state index is 0.580. The van der Waals surface area contributed by atoms with Crippen molar-refractivity contribution in [3.8, 4) is 11.5 Å². The maximum absolute atomic E-state index is 5.65. The fourth-order valence-corrected chi connectivity index (χ4v) is 2.11. The first-order valence-corrected chi connectivity index (χ1v) is 6.20. The largest absolute Gasteiger partial charge is 0.494 e. The molecule has 5 heteroatoms. The van der Waals surface area contributed by atoms with Crippen LogP contribution in [0.2, 0.25) is 0 Å². The predicted octanol–water partition coefficient (Wildman–Crippen LogP) is 2.03. The summed E-state index contributed by atoms with van der Waals surface area (Å²) in [6, 6.07) is 6.22. The van der Waals surface area contributed by atoms with Crippen LogP contribution in [0.15, 0.2) is 30.6 Å². The first-order chi connectivity index (χ1) is 9.36. The zero-order chi connectivity index (χ0) is 13.1. The molecule has 98 valence electrons. The standard InChI is InChI=1S/C14H15N3O2/c1-18-12-8-16-14(17-9-12)15-7-11-4-2-3-10-5-6-19-13(10)11/h2-4,8-9H,5-7H2,1H3,(H,15,16,17). The third kappa shape index (κ3) is 2.45. The summed E-state index contributed by atoms with van der Waals surface area (Å²) in [5, 5.41) is 3.18. The van der Waals surface area contributed by atoms with Gasteiger partial charge in [0.05, 0.1) is 26.1 Å². The fraction of sp³-hybridized carbons (Fsp3) is 0.286. The number of hydrogen-bond acceptors (Lipinski definition) is 5. The molecule has 2 aromatic rings. The van der Waals surface area contributed by atoms with Gasteiger partial charge in [-0.2, -0.15) is 0 Å². The van der Waals surface area contributed by atoms with Crippen molar-refractivity contribution >= 4 is 5.95 Å². The van der Waals surface area contributed by atoms with E-state index < -0.39 is 0 Å². The maximum Gasteiger partial charge on any atom is 0.223 e. The SMILES string of the molecule is COc1cnc(NCc2cccc3c2OCC3)nc1. The predicted molar refractivity (Wildman–Crippen MR) is 71.6 cm³/mol. The molecule has 5 nitrogen and oxygen atoms in total. The number of para-hydroxylation sites is 1. The molecule has 19 heavy (non-hydrogen) atoms. The van der Waals surface area contributed by atoms with Crippen molar-refractivity contribution in [3.63, 3.8) is 0 Å². The Kier molecular flexibility index (Phi) is 3.18. The lowest BCUT2D eigenvalue weighted by molar-refractivity contribution is 0.354. The van der Waals surface area contributed by atoms with E-state index in [9.17, 15) is 0 Å². The molecule has 0 unspecified atom stereocenters. The summed E-state index contributed by atoms with van der Waals surface area (Å²) < 4.78 is 10.7. The van der Waals surface area contributed by atoms with Gasteiger partial charge in [-0.1, -0.05) is 18.2 Å². The highest BCUT2D eigenvalue weighted by molar-refractivity contribution is 5.45. The number of benzene rings is 1. The van der Waals surface area contributed by atoms with Crippen molar-refractivity contribution in [2.75, 3.05) is 19.0 Å². The Hall–Kier alpha value is -2.30. The molecule has 1 aliphatic heterocycles. The van der Waals surface area contributed by atoms with Gasteiger partial charge in [-0.05, 0) is 5.56 Å². The van der Waals surface area contributed by atoms with Crippen LogP contribution in [0, 0.1) is 0 Å². The molecule has 0 aliphatic carbocycles. The van der Waals surface area contributed by atoms with Gasteiger partial charge in [0.15, 0.2) is 5.75 Å². The molecule has 3 rings (SSSR count). The molecular formula is C14H15N3O2. The Morgan fingerprint density at radius 2 is 2.16 bits per heavy atom. The Morgan fingerprint density at radius 3 is 2.95 bits per heavy atom. The highest BCUT2D eigenvalue weighted by atomic mass is 16.5. The lowest BCUT2D eigenvalue weighted by atomic mass is 10.1.